The van der Waals surface area contributed by atoms with Gasteiger partial charge in [-0.3, -0.25) is 4.99 Å². The molecule has 1 saturated carbocycles. The SMILES string of the molecule is CCNC(=NCCCN1CCCN(C)CC1)N(C)CC1CCC(C)CC1. The van der Waals surface area contributed by atoms with E-state index >= 15 is 0 Å². The van der Waals surface area contributed by atoms with Gasteiger partial charge < -0.3 is 20.0 Å². The topological polar surface area (TPSA) is 34.1 Å². The highest BCUT2D eigenvalue weighted by Gasteiger charge is 2.20. The van der Waals surface area contributed by atoms with Crippen molar-refractivity contribution >= 4 is 5.96 Å². The van der Waals surface area contributed by atoms with Gasteiger partial charge in [0.2, 0.25) is 0 Å². The zero-order valence-electron chi connectivity index (χ0n) is 17.8. The second-order valence-corrected chi connectivity index (χ2v) is 8.59. The van der Waals surface area contributed by atoms with Crippen LogP contribution in [0.15, 0.2) is 4.99 Å². The molecular formula is C21H43N5. The average molecular weight is 366 g/mol. The van der Waals surface area contributed by atoms with Gasteiger partial charge in [-0.15, -0.1) is 0 Å². The molecule has 0 aromatic carbocycles. The normalized spacial score (nSPS) is 26.5. The molecule has 1 aliphatic heterocycles. The molecule has 2 rings (SSSR count). The maximum atomic E-state index is 4.91. The van der Waals surface area contributed by atoms with Crippen molar-refractivity contribution in [2.75, 3.05) is 66.5 Å². The lowest BCUT2D eigenvalue weighted by molar-refractivity contribution is 0.250. The first kappa shape index (κ1) is 21.5. The molecule has 0 bridgehead atoms. The molecule has 26 heavy (non-hydrogen) atoms. The van der Waals surface area contributed by atoms with Crippen LogP contribution in [0.4, 0.5) is 0 Å². The molecule has 0 aromatic heterocycles. The van der Waals surface area contributed by atoms with Gasteiger partial charge in [0.05, 0.1) is 0 Å². The molecule has 0 unspecified atom stereocenters. The van der Waals surface area contributed by atoms with Crippen molar-refractivity contribution in [1.29, 1.82) is 0 Å². The lowest BCUT2D eigenvalue weighted by Crippen LogP contribution is -2.42. The third-order valence-electron chi connectivity index (χ3n) is 6.07. The maximum Gasteiger partial charge on any atom is 0.193 e. The van der Waals surface area contributed by atoms with Crippen molar-refractivity contribution < 1.29 is 0 Å². The van der Waals surface area contributed by atoms with Crippen molar-refractivity contribution in [3.63, 3.8) is 0 Å². The maximum absolute atomic E-state index is 4.91. The van der Waals surface area contributed by atoms with Crippen LogP contribution in [0, 0.1) is 11.8 Å². The van der Waals surface area contributed by atoms with Crippen LogP contribution in [-0.2, 0) is 0 Å². The van der Waals surface area contributed by atoms with Crippen molar-refractivity contribution in [3.8, 4) is 0 Å². The van der Waals surface area contributed by atoms with E-state index in [0.717, 1.165) is 43.9 Å². The van der Waals surface area contributed by atoms with Gasteiger partial charge in [-0.05, 0) is 71.1 Å². The van der Waals surface area contributed by atoms with Gasteiger partial charge in [-0.1, -0.05) is 19.8 Å². The summed E-state index contributed by atoms with van der Waals surface area (Å²) in [6.45, 7) is 13.7. The molecule has 0 radical (unpaired) electrons. The molecule has 152 valence electrons. The third kappa shape index (κ3) is 7.83. The first-order valence-electron chi connectivity index (χ1n) is 11.0. The quantitative estimate of drug-likeness (QED) is 0.427. The number of guanidine groups is 1. The Balaban J connectivity index is 1.72. The van der Waals surface area contributed by atoms with Crippen molar-refractivity contribution in [2.24, 2.45) is 16.8 Å². The second-order valence-electron chi connectivity index (χ2n) is 8.59. The summed E-state index contributed by atoms with van der Waals surface area (Å²) in [5.41, 5.74) is 0. The first-order chi connectivity index (χ1) is 12.6. The minimum atomic E-state index is 0.842. The van der Waals surface area contributed by atoms with Crippen LogP contribution in [-0.4, -0.2) is 87.1 Å². The van der Waals surface area contributed by atoms with Crippen LogP contribution in [0.1, 0.15) is 52.4 Å². The fourth-order valence-electron chi connectivity index (χ4n) is 4.26. The zero-order valence-corrected chi connectivity index (χ0v) is 17.8. The molecule has 2 aliphatic rings. The van der Waals surface area contributed by atoms with Gasteiger partial charge in [-0.2, -0.15) is 0 Å². The number of aliphatic imine (C=N–C) groups is 1. The Labute approximate surface area is 162 Å². The lowest BCUT2D eigenvalue weighted by Gasteiger charge is -2.31. The summed E-state index contributed by atoms with van der Waals surface area (Å²) in [5.74, 6) is 2.87. The summed E-state index contributed by atoms with van der Waals surface area (Å²) in [4.78, 5) is 12.3. The predicted molar refractivity (Wildman–Crippen MR) is 113 cm³/mol. The summed E-state index contributed by atoms with van der Waals surface area (Å²) in [5, 5.41) is 3.49. The van der Waals surface area contributed by atoms with Crippen LogP contribution >= 0.6 is 0 Å². The van der Waals surface area contributed by atoms with Crippen molar-refractivity contribution in [2.45, 2.75) is 52.4 Å². The van der Waals surface area contributed by atoms with E-state index in [4.69, 9.17) is 4.99 Å². The predicted octanol–water partition coefficient (Wildman–Crippen LogP) is 2.74. The van der Waals surface area contributed by atoms with Gasteiger partial charge in [0.1, 0.15) is 0 Å². The smallest absolute Gasteiger partial charge is 0.193 e. The second kappa shape index (κ2) is 11.8. The fourth-order valence-corrected chi connectivity index (χ4v) is 4.26. The minimum Gasteiger partial charge on any atom is -0.357 e. The van der Waals surface area contributed by atoms with Gasteiger partial charge in [-0.25, -0.2) is 0 Å². The lowest BCUT2D eigenvalue weighted by atomic mass is 9.83. The number of nitrogens with zero attached hydrogens (tertiary/aromatic N) is 4. The van der Waals surface area contributed by atoms with Crippen LogP contribution in [0.2, 0.25) is 0 Å². The molecular weight excluding hydrogens is 322 g/mol. The van der Waals surface area contributed by atoms with Crippen LogP contribution in [0.5, 0.6) is 0 Å². The number of likely N-dealkylation sites (N-methyl/N-ethyl adjacent to an activating group) is 1. The van der Waals surface area contributed by atoms with Crippen molar-refractivity contribution in [3.05, 3.63) is 0 Å². The average Bonchev–Trinajstić information content (AvgIpc) is 2.84. The summed E-state index contributed by atoms with van der Waals surface area (Å²) >= 11 is 0. The molecule has 5 heteroatoms. The van der Waals surface area contributed by atoms with Crippen LogP contribution in [0.25, 0.3) is 0 Å². The summed E-state index contributed by atoms with van der Waals surface area (Å²) < 4.78 is 0. The molecule has 0 aromatic rings. The molecule has 1 heterocycles. The first-order valence-corrected chi connectivity index (χ1v) is 11.0. The Morgan fingerprint density at radius 1 is 1.12 bits per heavy atom. The van der Waals surface area contributed by atoms with Gasteiger partial charge >= 0.3 is 0 Å². The molecule has 1 aliphatic carbocycles. The van der Waals surface area contributed by atoms with E-state index in [-0.39, 0.29) is 0 Å². The molecule has 0 amide bonds. The van der Waals surface area contributed by atoms with Gasteiger partial charge in [0.25, 0.3) is 0 Å². The molecule has 1 saturated heterocycles. The number of hydrogen-bond donors (Lipinski definition) is 1. The van der Waals surface area contributed by atoms with Gasteiger partial charge in [0, 0.05) is 39.8 Å². The molecule has 2 fully saturated rings. The number of hydrogen-bond acceptors (Lipinski definition) is 3. The van der Waals surface area contributed by atoms with E-state index in [9.17, 15) is 0 Å². The largest absolute Gasteiger partial charge is 0.357 e. The van der Waals surface area contributed by atoms with Crippen molar-refractivity contribution in [1.82, 2.24) is 20.0 Å². The third-order valence-corrected chi connectivity index (χ3v) is 6.07. The molecule has 5 nitrogen and oxygen atoms in total. The van der Waals surface area contributed by atoms with Gasteiger partial charge in [0.15, 0.2) is 5.96 Å². The van der Waals surface area contributed by atoms with E-state index in [2.05, 4.69) is 48.0 Å². The summed E-state index contributed by atoms with van der Waals surface area (Å²) in [6, 6.07) is 0. The summed E-state index contributed by atoms with van der Waals surface area (Å²) in [7, 11) is 4.45. The van der Waals surface area contributed by atoms with E-state index in [1.807, 2.05) is 0 Å². The van der Waals surface area contributed by atoms with E-state index in [0.29, 0.717) is 0 Å². The Bertz CT molecular complexity index is 403. The monoisotopic (exact) mass is 365 g/mol. The van der Waals surface area contributed by atoms with E-state index in [1.165, 1.54) is 64.8 Å². The standard InChI is InChI=1S/C21H43N5/c1-5-22-21(25(4)18-20-10-8-19(2)9-11-20)23-12-6-14-26-15-7-13-24(3)16-17-26/h19-20H,5-18H2,1-4H3,(H,22,23). The highest BCUT2D eigenvalue weighted by Crippen LogP contribution is 2.28. The molecule has 0 atom stereocenters. The van der Waals surface area contributed by atoms with E-state index < -0.39 is 0 Å². The Morgan fingerprint density at radius 2 is 1.88 bits per heavy atom. The van der Waals surface area contributed by atoms with Crippen LogP contribution < -0.4 is 5.32 Å². The Kier molecular flexibility index (Phi) is 9.76. The highest BCUT2D eigenvalue weighted by molar-refractivity contribution is 5.79. The molecule has 0 spiro atoms. The molecule has 1 N–H and O–H groups in total. The van der Waals surface area contributed by atoms with Crippen LogP contribution in [0.3, 0.4) is 0 Å². The zero-order chi connectivity index (χ0) is 18.8. The summed E-state index contributed by atoms with van der Waals surface area (Å²) in [6.07, 6.45) is 8.02. The minimum absolute atomic E-state index is 0.842. The highest BCUT2D eigenvalue weighted by atomic mass is 15.3. The number of rotatable bonds is 7. The number of nitrogens with one attached hydrogen (secondary N) is 1. The fraction of sp³-hybridized carbons (Fsp3) is 0.952. The Morgan fingerprint density at radius 3 is 2.62 bits per heavy atom. The van der Waals surface area contributed by atoms with E-state index in [1.54, 1.807) is 0 Å². The Hall–Kier alpha value is -0.810.